The van der Waals surface area contributed by atoms with Crippen molar-refractivity contribution in [2.75, 3.05) is 43.5 Å². The molecule has 0 saturated carbocycles. The van der Waals surface area contributed by atoms with Crippen LogP contribution in [0.1, 0.15) is 27.0 Å². The largest absolute Gasteiger partial charge is 0.497 e. The van der Waals surface area contributed by atoms with Crippen LogP contribution in [-0.4, -0.2) is 50.0 Å². The van der Waals surface area contributed by atoms with Gasteiger partial charge in [-0.15, -0.1) is 0 Å². The smallest absolute Gasteiger partial charge is 0.416 e. The van der Waals surface area contributed by atoms with E-state index in [9.17, 15) is 35.9 Å². The number of alkyl halides is 6. The zero-order chi connectivity index (χ0) is 29.1. The lowest BCUT2D eigenvalue weighted by Crippen LogP contribution is -2.49. The van der Waals surface area contributed by atoms with E-state index < -0.39 is 35.0 Å². The zero-order valence-electron chi connectivity index (χ0n) is 21.3. The molecule has 2 amide bonds. The molecule has 1 aliphatic heterocycles. The molecule has 0 aliphatic carbocycles. The average molecular weight is 566 g/mol. The van der Waals surface area contributed by atoms with Gasteiger partial charge >= 0.3 is 12.4 Å². The fourth-order valence-corrected chi connectivity index (χ4v) is 4.29. The Morgan fingerprint density at radius 2 is 1.35 bits per heavy atom. The molecule has 40 heavy (non-hydrogen) atoms. The minimum atomic E-state index is -5.05. The van der Waals surface area contributed by atoms with E-state index in [1.807, 2.05) is 17.0 Å². The maximum atomic E-state index is 13.1. The monoisotopic (exact) mass is 565 g/mol. The molecule has 1 heterocycles. The lowest BCUT2D eigenvalue weighted by molar-refractivity contribution is -0.143. The van der Waals surface area contributed by atoms with Crippen LogP contribution in [-0.2, 0) is 23.6 Å². The molecule has 4 rings (SSSR count). The van der Waals surface area contributed by atoms with Gasteiger partial charge in [-0.2, -0.15) is 26.3 Å². The quantitative estimate of drug-likeness (QED) is 0.380. The van der Waals surface area contributed by atoms with Gasteiger partial charge in [0.15, 0.2) is 0 Å². The second-order valence-electron chi connectivity index (χ2n) is 9.19. The van der Waals surface area contributed by atoms with Crippen LogP contribution in [0.3, 0.4) is 0 Å². The number of halogens is 6. The van der Waals surface area contributed by atoms with E-state index in [0.717, 1.165) is 11.3 Å². The second-order valence-corrected chi connectivity index (χ2v) is 9.19. The molecule has 0 aromatic heterocycles. The molecule has 1 saturated heterocycles. The van der Waals surface area contributed by atoms with Gasteiger partial charge in [-0.1, -0.05) is 12.1 Å². The first-order valence-corrected chi connectivity index (χ1v) is 12.2. The minimum Gasteiger partial charge on any atom is -0.497 e. The van der Waals surface area contributed by atoms with Gasteiger partial charge in [-0.05, 0) is 60.2 Å². The molecule has 1 fully saturated rings. The van der Waals surface area contributed by atoms with Crippen LogP contribution in [0, 0.1) is 0 Å². The van der Waals surface area contributed by atoms with Gasteiger partial charge in [0.05, 0.1) is 24.7 Å². The van der Waals surface area contributed by atoms with Gasteiger partial charge in [-0.25, -0.2) is 0 Å². The van der Waals surface area contributed by atoms with Crippen LogP contribution in [0.15, 0.2) is 66.7 Å². The summed E-state index contributed by atoms with van der Waals surface area (Å²) in [4.78, 5) is 29.0. The van der Waals surface area contributed by atoms with Crippen LogP contribution in [0.25, 0.3) is 0 Å². The van der Waals surface area contributed by atoms with Crippen LogP contribution in [0.4, 0.5) is 37.7 Å². The normalized spacial score (nSPS) is 14.2. The molecule has 0 atom stereocenters. The second kappa shape index (κ2) is 11.5. The molecule has 0 bridgehead atoms. The lowest BCUT2D eigenvalue weighted by atomic mass is 10.0. The molecule has 3 aromatic carbocycles. The number of carbonyl (C=O) groups is 2. The third-order valence-electron chi connectivity index (χ3n) is 6.49. The molecular weight excluding hydrogens is 540 g/mol. The van der Waals surface area contributed by atoms with Gasteiger partial charge in [0.2, 0.25) is 5.91 Å². The highest BCUT2D eigenvalue weighted by Crippen LogP contribution is 2.36. The Morgan fingerprint density at radius 3 is 1.85 bits per heavy atom. The highest BCUT2D eigenvalue weighted by Gasteiger charge is 2.37. The van der Waals surface area contributed by atoms with Crippen LogP contribution in [0.2, 0.25) is 0 Å². The summed E-state index contributed by atoms with van der Waals surface area (Å²) in [7, 11) is 1.57. The van der Waals surface area contributed by atoms with E-state index in [0.29, 0.717) is 44.1 Å². The molecule has 12 heteroatoms. The molecule has 0 radical (unpaired) electrons. The van der Waals surface area contributed by atoms with Gasteiger partial charge in [0.1, 0.15) is 5.75 Å². The first-order valence-electron chi connectivity index (χ1n) is 12.2. The van der Waals surface area contributed by atoms with E-state index in [-0.39, 0.29) is 24.1 Å². The van der Waals surface area contributed by atoms with Gasteiger partial charge < -0.3 is 19.9 Å². The van der Waals surface area contributed by atoms with Gasteiger partial charge in [-0.3, -0.25) is 9.59 Å². The van der Waals surface area contributed by atoms with Crippen LogP contribution in [0.5, 0.6) is 5.75 Å². The highest BCUT2D eigenvalue weighted by molar-refractivity contribution is 6.04. The topological polar surface area (TPSA) is 61.9 Å². The van der Waals surface area contributed by atoms with Gasteiger partial charge in [0.25, 0.3) is 5.91 Å². The summed E-state index contributed by atoms with van der Waals surface area (Å²) < 4.78 is 83.8. The SMILES string of the molecule is COc1ccc(CC(=O)N2CCN(c3ccc(NC(=O)c4cc(C(F)(F)F)cc(C(F)(F)F)c4)cc3)CC2)cc1. The number of hydrogen-bond donors (Lipinski definition) is 1. The number of hydrogen-bond acceptors (Lipinski definition) is 4. The molecule has 1 N–H and O–H groups in total. The Kier molecular flexibility index (Phi) is 8.26. The Balaban J connectivity index is 1.35. The van der Waals surface area contributed by atoms with Crippen molar-refractivity contribution in [3.8, 4) is 5.75 Å². The minimum absolute atomic E-state index is 0.00569. The maximum Gasteiger partial charge on any atom is 0.416 e. The summed E-state index contributed by atoms with van der Waals surface area (Å²) in [5.41, 5.74) is -2.02. The number of nitrogens with zero attached hydrogens (tertiary/aromatic N) is 2. The number of rotatable bonds is 6. The van der Waals surface area contributed by atoms with Crippen molar-refractivity contribution in [1.82, 2.24) is 4.90 Å². The van der Waals surface area contributed by atoms with Crippen molar-refractivity contribution in [2.45, 2.75) is 18.8 Å². The van der Waals surface area contributed by atoms with Crippen LogP contribution < -0.4 is 15.0 Å². The number of benzene rings is 3. The van der Waals surface area contributed by atoms with Crippen molar-refractivity contribution in [2.24, 2.45) is 0 Å². The fourth-order valence-electron chi connectivity index (χ4n) is 4.29. The zero-order valence-corrected chi connectivity index (χ0v) is 21.3. The number of nitrogens with one attached hydrogen (secondary N) is 1. The number of methoxy groups -OCH3 is 1. The van der Waals surface area contributed by atoms with E-state index >= 15 is 0 Å². The van der Waals surface area contributed by atoms with Crippen molar-refractivity contribution >= 4 is 23.2 Å². The number of piperazine rings is 1. The lowest BCUT2D eigenvalue weighted by Gasteiger charge is -2.36. The van der Waals surface area contributed by atoms with Crippen molar-refractivity contribution < 1.29 is 40.7 Å². The van der Waals surface area contributed by atoms with E-state index in [4.69, 9.17) is 4.74 Å². The number of ether oxygens (including phenoxy) is 1. The predicted octanol–water partition coefficient (Wildman–Crippen LogP) is 5.88. The molecule has 3 aromatic rings. The summed E-state index contributed by atoms with van der Waals surface area (Å²) in [5.74, 6) is -0.388. The third-order valence-corrected chi connectivity index (χ3v) is 6.49. The number of amides is 2. The summed E-state index contributed by atoms with van der Waals surface area (Å²) in [6.45, 7) is 2.13. The highest BCUT2D eigenvalue weighted by atomic mass is 19.4. The predicted molar refractivity (Wildman–Crippen MR) is 136 cm³/mol. The molecular formula is C28H25F6N3O3. The summed E-state index contributed by atoms with van der Waals surface area (Å²) >= 11 is 0. The summed E-state index contributed by atoms with van der Waals surface area (Å²) in [5, 5.41) is 2.35. The van der Waals surface area contributed by atoms with Crippen LogP contribution >= 0.6 is 0 Å². The first kappa shape index (κ1) is 28.8. The molecule has 212 valence electrons. The standard InChI is InChI=1S/C28H25F6N3O3/c1-40-24-8-2-18(3-9-24)14-25(38)37-12-10-36(11-13-37)23-6-4-22(5-7-23)35-26(39)19-15-20(27(29,30)31)17-21(16-19)28(32,33)34/h2-9,15-17H,10-14H2,1H3,(H,35,39). The maximum absolute atomic E-state index is 13.1. The number of anilines is 2. The van der Waals surface area contributed by atoms with Crippen molar-refractivity contribution in [3.63, 3.8) is 0 Å². The molecule has 0 unspecified atom stereocenters. The number of carbonyl (C=O) groups excluding carboxylic acids is 2. The Bertz CT molecular complexity index is 1320. The van der Waals surface area contributed by atoms with Crippen molar-refractivity contribution in [1.29, 1.82) is 0 Å². The summed E-state index contributed by atoms with van der Waals surface area (Å²) in [6.07, 6.45) is -9.83. The first-order chi connectivity index (χ1) is 18.8. The average Bonchev–Trinajstić information content (AvgIpc) is 2.93. The van der Waals surface area contributed by atoms with Crippen molar-refractivity contribution in [3.05, 3.63) is 89.0 Å². The van der Waals surface area contributed by atoms with E-state index in [2.05, 4.69) is 5.32 Å². The molecule has 6 nitrogen and oxygen atoms in total. The third kappa shape index (κ3) is 7.04. The Morgan fingerprint density at radius 1 is 0.800 bits per heavy atom. The van der Waals surface area contributed by atoms with E-state index in [1.54, 1.807) is 36.3 Å². The fraction of sp³-hybridized carbons (Fsp3) is 0.286. The van der Waals surface area contributed by atoms with E-state index in [1.165, 1.54) is 12.1 Å². The Labute approximate surface area is 226 Å². The Hall–Kier alpha value is -4.22. The molecule has 0 spiro atoms. The molecule has 1 aliphatic rings. The summed E-state index contributed by atoms with van der Waals surface area (Å²) in [6, 6.07) is 14.4. The van der Waals surface area contributed by atoms with Gasteiger partial charge in [0, 0.05) is 43.1 Å².